The molecule has 0 spiro atoms. The maximum Gasteiger partial charge on any atom is 0.268 e. The number of allylic oxidation sites excluding steroid dienone is 7. The predicted octanol–water partition coefficient (Wildman–Crippen LogP) is 20.4. The molecule has 0 saturated heterocycles. The molecule has 2 N–H and O–H groups in total. The van der Waals surface area contributed by atoms with E-state index >= 15 is 0 Å². The van der Waals surface area contributed by atoms with Crippen molar-refractivity contribution in [3.63, 3.8) is 0 Å². The van der Waals surface area contributed by atoms with Crippen molar-refractivity contribution >= 4 is 13.7 Å². The molecule has 0 saturated carbocycles. The number of nitrogens with zero attached hydrogens (tertiary/aromatic N) is 1. The lowest BCUT2D eigenvalue weighted by atomic mass is 10.0. The lowest BCUT2D eigenvalue weighted by Gasteiger charge is -2.29. The molecule has 0 heterocycles. The van der Waals surface area contributed by atoms with Crippen LogP contribution < -0.4 is 10.2 Å². The Morgan fingerprint density at radius 3 is 1.13 bits per heavy atom. The van der Waals surface area contributed by atoms with Gasteiger partial charge >= 0.3 is 0 Å². The van der Waals surface area contributed by atoms with Crippen molar-refractivity contribution in [2.75, 3.05) is 40.9 Å². The average molecular weight is 1100 g/mol. The van der Waals surface area contributed by atoms with E-state index in [0.29, 0.717) is 17.4 Å². The molecule has 0 radical (unpaired) electrons. The van der Waals surface area contributed by atoms with E-state index in [1.165, 1.54) is 263 Å². The molecule has 0 aliphatic rings. The third kappa shape index (κ3) is 61.9. The van der Waals surface area contributed by atoms with Crippen LogP contribution in [0.5, 0.6) is 0 Å². The smallest absolute Gasteiger partial charge is 0.268 e. The molecule has 0 rings (SSSR count). The van der Waals surface area contributed by atoms with Crippen LogP contribution in [0.2, 0.25) is 0 Å². The first-order valence-electron chi connectivity index (χ1n) is 33.5. The number of hydrogen-bond donors (Lipinski definition) is 2. The summed E-state index contributed by atoms with van der Waals surface area (Å²) in [7, 11) is 1.26. The summed E-state index contributed by atoms with van der Waals surface area (Å²) in [6.07, 6.45) is 79.6. The average Bonchev–Trinajstić information content (AvgIpc) is 3.39. The van der Waals surface area contributed by atoms with Crippen molar-refractivity contribution in [3.8, 4) is 0 Å². The highest BCUT2D eigenvalue weighted by Gasteiger charge is 2.23. The van der Waals surface area contributed by atoms with Gasteiger partial charge in [-0.25, -0.2) is 0 Å². The van der Waals surface area contributed by atoms with E-state index in [9.17, 15) is 19.4 Å². The van der Waals surface area contributed by atoms with Crippen LogP contribution in [0.3, 0.4) is 0 Å². The van der Waals surface area contributed by atoms with Crippen molar-refractivity contribution in [3.05, 3.63) is 48.6 Å². The number of phosphoric ester groups is 1. The Morgan fingerprint density at radius 2 is 0.766 bits per heavy atom. The molecule has 3 atom stereocenters. The summed E-state index contributed by atoms with van der Waals surface area (Å²) >= 11 is 0. The second-order valence-electron chi connectivity index (χ2n) is 24.2. The van der Waals surface area contributed by atoms with Crippen LogP contribution in [-0.2, 0) is 18.4 Å². The molecule has 0 fully saturated rings. The fourth-order valence-electron chi connectivity index (χ4n) is 10.0. The number of nitrogens with one attached hydrogen (secondary N) is 1. The van der Waals surface area contributed by atoms with Gasteiger partial charge < -0.3 is 28.8 Å². The van der Waals surface area contributed by atoms with Gasteiger partial charge in [-0.15, -0.1) is 0 Å². The minimum Gasteiger partial charge on any atom is -0.756 e. The van der Waals surface area contributed by atoms with Crippen molar-refractivity contribution in [2.24, 2.45) is 0 Å². The maximum absolute atomic E-state index is 13.0. The molecule has 0 aromatic rings. The van der Waals surface area contributed by atoms with Gasteiger partial charge in [0, 0.05) is 6.42 Å². The molecule has 8 nitrogen and oxygen atoms in total. The SMILES string of the molecule is CCCCCCC/C=C\C/C=C\CCCCCCCCCCCCCCCCCCCCCCCCCCCCCC(=O)NC(COP(=O)([O-])OCC[N+](C)(C)C)C(O)/C=C/CC/C=C/CCCCCCCCCCCC. The zero-order chi connectivity index (χ0) is 56.3. The van der Waals surface area contributed by atoms with Crippen LogP contribution in [0.4, 0.5) is 0 Å². The number of aliphatic hydroxyl groups excluding tert-OH is 1. The number of aliphatic hydroxyl groups is 1. The third-order valence-electron chi connectivity index (χ3n) is 15.3. The van der Waals surface area contributed by atoms with Crippen LogP contribution in [0.15, 0.2) is 48.6 Å². The molecule has 454 valence electrons. The Labute approximate surface area is 479 Å². The predicted molar refractivity (Wildman–Crippen MR) is 334 cm³/mol. The standard InChI is InChI=1S/C68H131N2O6P/c1-6-8-10-12-14-16-18-20-22-24-25-26-27-28-29-30-31-32-33-34-35-36-37-38-39-40-41-42-43-44-45-46-48-50-52-54-56-58-60-62-68(72)69-66(65-76-77(73,74)75-64-63-70(3,4)5)67(71)61-59-57-55-53-51-49-47-23-21-19-17-15-13-11-9-7-2/h18,20,24-25,51,53,59,61,66-67,71H,6-17,19,21-23,26-50,52,54-58,60,62-65H2,1-5H3,(H-,69,72,73,74)/b20-18-,25-24-,53-51+,61-59+. The van der Waals surface area contributed by atoms with E-state index in [2.05, 4.69) is 55.6 Å². The highest BCUT2D eigenvalue weighted by molar-refractivity contribution is 7.45. The fraction of sp³-hybridized carbons (Fsp3) is 0.868. The molecule has 0 aliphatic carbocycles. The van der Waals surface area contributed by atoms with Gasteiger partial charge in [0.25, 0.3) is 7.82 Å². The minimum atomic E-state index is -4.60. The van der Waals surface area contributed by atoms with Gasteiger partial charge in [-0.3, -0.25) is 9.36 Å². The largest absolute Gasteiger partial charge is 0.756 e. The number of quaternary nitrogens is 1. The molecule has 0 aliphatic heterocycles. The van der Waals surface area contributed by atoms with E-state index < -0.39 is 20.0 Å². The lowest BCUT2D eigenvalue weighted by Crippen LogP contribution is -2.45. The summed E-state index contributed by atoms with van der Waals surface area (Å²) in [5.41, 5.74) is 0. The molecule has 0 aromatic carbocycles. The van der Waals surface area contributed by atoms with Gasteiger partial charge in [-0.05, 0) is 64.2 Å². The van der Waals surface area contributed by atoms with Crippen molar-refractivity contribution in [1.29, 1.82) is 0 Å². The van der Waals surface area contributed by atoms with Crippen LogP contribution in [0, 0.1) is 0 Å². The Morgan fingerprint density at radius 1 is 0.455 bits per heavy atom. The van der Waals surface area contributed by atoms with Gasteiger partial charge in [0.05, 0.1) is 39.9 Å². The highest BCUT2D eigenvalue weighted by Crippen LogP contribution is 2.38. The lowest BCUT2D eigenvalue weighted by molar-refractivity contribution is -0.870. The molecular formula is C68H131N2O6P. The van der Waals surface area contributed by atoms with Gasteiger partial charge in [0.2, 0.25) is 5.91 Å². The second-order valence-corrected chi connectivity index (χ2v) is 25.6. The number of unbranched alkanes of at least 4 members (excludes halogenated alkanes) is 43. The van der Waals surface area contributed by atoms with Gasteiger partial charge in [-0.1, -0.05) is 306 Å². The number of phosphoric acid groups is 1. The van der Waals surface area contributed by atoms with Crippen LogP contribution in [0.25, 0.3) is 0 Å². The molecule has 0 bridgehead atoms. The maximum atomic E-state index is 13.0. The summed E-state index contributed by atoms with van der Waals surface area (Å²) in [6, 6.07) is -0.902. The molecule has 9 heteroatoms. The first-order valence-corrected chi connectivity index (χ1v) is 35.0. The zero-order valence-electron chi connectivity index (χ0n) is 51.9. The van der Waals surface area contributed by atoms with Gasteiger partial charge in [0.1, 0.15) is 13.2 Å². The third-order valence-corrected chi connectivity index (χ3v) is 16.2. The number of rotatable bonds is 62. The second kappa shape index (κ2) is 59.1. The Balaban J connectivity index is 3.92. The van der Waals surface area contributed by atoms with E-state index in [4.69, 9.17) is 9.05 Å². The van der Waals surface area contributed by atoms with Crippen LogP contribution >= 0.6 is 7.82 Å². The van der Waals surface area contributed by atoms with Crippen LogP contribution in [-0.4, -0.2) is 68.5 Å². The Kier molecular flexibility index (Phi) is 57.9. The zero-order valence-corrected chi connectivity index (χ0v) is 52.8. The number of hydrogen-bond acceptors (Lipinski definition) is 6. The van der Waals surface area contributed by atoms with Gasteiger partial charge in [-0.2, -0.15) is 0 Å². The molecule has 1 amide bonds. The molecule has 3 unspecified atom stereocenters. The van der Waals surface area contributed by atoms with E-state index in [1.807, 2.05) is 27.2 Å². The minimum absolute atomic E-state index is 0.00496. The molecule has 0 aromatic heterocycles. The monoisotopic (exact) mass is 1100 g/mol. The van der Waals surface area contributed by atoms with Gasteiger partial charge in [0.15, 0.2) is 0 Å². The summed E-state index contributed by atoms with van der Waals surface area (Å²) in [4.78, 5) is 25.5. The summed E-state index contributed by atoms with van der Waals surface area (Å²) in [6.45, 7) is 4.65. The normalized spacial score (nSPS) is 14.0. The summed E-state index contributed by atoms with van der Waals surface area (Å²) in [5, 5.41) is 13.9. The molecule has 77 heavy (non-hydrogen) atoms. The topological polar surface area (TPSA) is 108 Å². The van der Waals surface area contributed by atoms with E-state index in [0.717, 1.165) is 44.9 Å². The Hall–Kier alpha value is -1.54. The first kappa shape index (κ1) is 75.5. The number of likely N-dealkylation sites (N-methyl/N-ethyl adjacent to an activating group) is 1. The van der Waals surface area contributed by atoms with Crippen molar-refractivity contribution in [1.82, 2.24) is 5.32 Å². The number of amides is 1. The first-order chi connectivity index (χ1) is 37.5. The fourth-order valence-corrected chi connectivity index (χ4v) is 10.8. The van der Waals surface area contributed by atoms with Crippen LogP contribution in [0.1, 0.15) is 328 Å². The van der Waals surface area contributed by atoms with E-state index in [-0.39, 0.29) is 19.1 Å². The number of carbonyl (C=O) groups excluding carboxylic acids is 1. The number of carbonyl (C=O) groups is 1. The summed E-state index contributed by atoms with van der Waals surface area (Å²) < 4.78 is 23.4. The van der Waals surface area contributed by atoms with Crippen molar-refractivity contribution < 1.29 is 32.9 Å². The Bertz CT molecular complexity index is 1390. The highest BCUT2D eigenvalue weighted by atomic mass is 31.2. The van der Waals surface area contributed by atoms with Crippen molar-refractivity contribution in [2.45, 2.75) is 341 Å². The summed E-state index contributed by atoms with van der Waals surface area (Å²) in [5.74, 6) is -0.202. The molecular weight excluding hydrogens is 972 g/mol. The quantitative estimate of drug-likeness (QED) is 0.0272. The van der Waals surface area contributed by atoms with E-state index in [1.54, 1.807) is 6.08 Å².